The molecule has 9 nitrogen and oxygen atoms in total. The van der Waals surface area contributed by atoms with Crippen LogP contribution in [0.5, 0.6) is 6.01 Å². The van der Waals surface area contributed by atoms with Gasteiger partial charge in [-0.2, -0.15) is 28.1 Å². The summed E-state index contributed by atoms with van der Waals surface area (Å²) in [5.74, 6) is 0.0454. The van der Waals surface area contributed by atoms with Crippen molar-refractivity contribution in [1.29, 1.82) is 0 Å². The van der Waals surface area contributed by atoms with Gasteiger partial charge in [0.25, 0.3) is 0 Å². The van der Waals surface area contributed by atoms with Gasteiger partial charge >= 0.3 is 18.3 Å². The van der Waals surface area contributed by atoms with Gasteiger partial charge in [-0.25, -0.2) is 4.79 Å². The molecule has 0 atom stereocenters. The molecule has 12 heteroatoms. The van der Waals surface area contributed by atoms with Crippen LogP contribution in [-0.2, 0) is 17.8 Å². The number of alkyl carbamates (subject to hydrolysis) is 1. The second kappa shape index (κ2) is 11.6. The van der Waals surface area contributed by atoms with Gasteiger partial charge < -0.3 is 25.4 Å². The van der Waals surface area contributed by atoms with Crippen LogP contribution in [0.2, 0.25) is 0 Å². The fourth-order valence-corrected chi connectivity index (χ4v) is 2.80. The highest BCUT2D eigenvalue weighted by Crippen LogP contribution is 2.20. The van der Waals surface area contributed by atoms with Crippen molar-refractivity contribution < 1.29 is 27.4 Å². The Hall–Kier alpha value is -4.09. The van der Waals surface area contributed by atoms with E-state index in [1.807, 2.05) is 30.3 Å². The van der Waals surface area contributed by atoms with Crippen LogP contribution in [0.3, 0.4) is 0 Å². The molecule has 36 heavy (non-hydrogen) atoms. The summed E-state index contributed by atoms with van der Waals surface area (Å²) in [4.78, 5) is 23.9. The van der Waals surface area contributed by atoms with E-state index >= 15 is 0 Å². The molecule has 2 aromatic carbocycles. The predicted octanol–water partition coefficient (Wildman–Crippen LogP) is 5.19. The summed E-state index contributed by atoms with van der Waals surface area (Å²) in [7, 11) is 0. The predicted molar refractivity (Wildman–Crippen MR) is 128 cm³/mol. The van der Waals surface area contributed by atoms with E-state index < -0.39 is 30.5 Å². The van der Waals surface area contributed by atoms with Gasteiger partial charge in [0.05, 0.1) is 0 Å². The Balaban J connectivity index is 1.67. The number of nitrogens with zero attached hydrogens (tertiary/aromatic N) is 3. The van der Waals surface area contributed by atoms with Crippen LogP contribution in [0.4, 0.5) is 35.5 Å². The molecule has 3 N–H and O–H groups in total. The number of rotatable bonds is 9. The summed E-state index contributed by atoms with van der Waals surface area (Å²) in [5, 5.41) is 8.55. The number of carbonyl (C=O) groups excluding carboxylic acids is 1. The lowest BCUT2D eigenvalue weighted by Crippen LogP contribution is -2.32. The minimum Gasteiger partial charge on any atom is -0.454 e. The van der Waals surface area contributed by atoms with E-state index in [-0.39, 0.29) is 18.4 Å². The minimum absolute atomic E-state index is 0.00244. The van der Waals surface area contributed by atoms with E-state index in [0.29, 0.717) is 12.2 Å². The molecule has 0 aliphatic carbocycles. The number of halogens is 3. The fraction of sp³-hybridized carbons (Fsp3) is 0.333. The zero-order valence-corrected chi connectivity index (χ0v) is 20.0. The Morgan fingerprint density at radius 2 is 1.50 bits per heavy atom. The van der Waals surface area contributed by atoms with Crippen LogP contribution in [0.1, 0.15) is 31.9 Å². The van der Waals surface area contributed by atoms with Crippen LogP contribution in [0.15, 0.2) is 54.6 Å². The topological polar surface area (TPSA) is 110 Å². The molecule has 1 aromatic heterocycles. The Morgan fingerprint density at radius 1 is 0.861 bits per heavy atom. The molecule has 0 saturated heterocycles. The molecule has 1 heterocycles. The van der Waals surface area contributed by atoms with Crippen LogP contribution < -0.4 is 20.7 Å². The van der Waals surface area contributed by atoms with E-state index in [4.69, 9.17) is 9.47 Å². The molecule has 0 aliphatic rings. The standard InChI is InChI=1S/C24H27F3N6O3/c1-23(2,3)36-22(34)29-14-17-9-11-18(12-10-17)30-20-31-19(28-13-16-7-5-4-6-8-16)32-21(33-20)35-15-24(25,26)27/h4-12H,13-15H2,1-3H3,(H,29,34)(H2,28,30,31,32,33). The van der Waals surface area contributed by atoms with Gasteiger partial charge in [0.15, 0.2) is 6.61 Å². The summed E-state index contributed by atoms with van der Waals surface area (Å²) < 4.78 is 47.8. The van der Waals surface area contributed by atoms with E-state index in [0.717, 1.165) is 11.1 Å². The largest absolute Gasteiger partial charge is 0.454 e. The molecule has 0 spiro atoms. The van der Waals surface area contributed by atoms with Crippen LogP contribution >= 0.6 is 0 Å². The number of hydrogen-bond donors (Lipinski definition) is 3. The smallest absolute Gasteiger partial charge is 0.422 e. The van der Waals surface area contributed by atoms with Crippen LogP contribution in [-0.4, -0.2) is 39.4 Å². The monoisotopic (exact) mass is 504 g/mol. The molecular formula is C24H27F3N6O3. The minimum atomic E-state index is -4.54. The Labute approximate surface area is 206 Å². The van der Waals surface area contributed by atoms with Crippen molar-refractivity contribution >= 4 is 23.7 Å². The van der Waals surface area contributed by atoms with E-state index in [1.54, 1.807) is 45.0 Å². The summed E-state index contributed by atoms with van der Waals surface area (Å²) in [5.41, 5.74) is 1.71. The zero-order valence-electron chi connectivity index (χ0n) is 20.0. The number of aromatic nitrogens is 3. The molecular weight excluding hydrogens is 477 g/mol. The first-order valence-electron chi connectivity index (χ1n) is 11.0. The quantitative estimate of drug-likeness (QED) is 0.365. The molecule has 0 bridgehead atoms. The zero-order chi connectivity index (χ0) is 26.2. The lowest BCUT2D eigenvalue weighted by atomic mass is 10.2. The third kappa shape index (κ3) is 9.65. The molecule has 0 saturated carbocycles. The van der Waals surface area contributed by atoms with Crippen LogP contribution in [0.25, 0.3) is 0 Å². The third-order valence-electron chi connectivity index (χ3n) is 4.32. The number of hydrogen-bond acceptors (Lipinski definition) is 8. The number of alkyl halides is 3. The van der Waals surface area contributed by atoms with Crippen molar-refractivity contribution in [2.24, 2.45) is 0 Å². The molecule has 0 radical (unpaired) electrons. The van der Waals surface area contributed by atoms with Gasteiger partial charge in [0.2, 0.25) is 11.9 Å². The van der Waals surface area contributed by atoms with E-state index in [2.05, 4.69) is 30.9 Å². The molecule has 0 unspecified atom stereocenters. The number of amides is 1. The van der Waals surface area contributed by atoms with E-state index in [1.165, 1.54) is 0 Å². The fourth-order valence-electron chi connectivity index (χ4n) is 2.80. The van der Waals surface area contributed by atoms with Crippen molar-refractivity contribution in [1.82, 2.24) is 20.3 Å². The van der Waals surface area contributed by atoms with Gasteiger partial charge in [-0.1, -0.05) is 42.5 Å². The SMILES string of the molecule is CC(C)(C)OC(=O)NCc1ccc(Nc2nc(NCc3ccccc3)nc(OCC(F)(F)F)n2)cc1. The first-order valence-corrected chi connectivity index (χ1v) is 11.0. The van der Waals surface area contributed by atoms with Crippen molar-refractivity contribution in [3.05, 3.63) is 65.7 Å². The first kappa shape index (κ1) is 26.5. The second-order valence-electron chi connectivity index (χ2n) is 8.69. The lowest BCUT2D eigenvalue weighted by molar-refractivity contribution is -0.154. The average molecular weight is 505 g/mol. The van der Waals surface area contributed by atoms with E-state index in [9.17, 15) is 18.0 Å². The Bertz CT molecular complexity index is 1140. The molecule has 192 valence electrons. The van der Waals surface area contributed by atoms with Crippen molar-refractivity contribution in [2.45, 2.75) is 45.6 Å². The molecule has 3 rings (SSSR count). The third-order valence-corrected chi connectivity index (χ3v) is 4.32. The average Bonchev–Trinajstić information content (AvgIpc) is 2.80. The highest BCUT2D eigenvalue weighted by molar-refractivity contribution is 5.67. The molecule has 0 aliphatic heterocycles. The summed E-state index contributed by atoms with van der Waals surface area (Å²) >= 11 is 0. The lowest BCUT2D eigenvalue weighted by Gasteiger charge is -2.19. The normalized spacial score (nSPS) is 11.5. The molecule has 1 amide bonds. The van der Waals surface area contributed by atoms with Crippen LogP contribution in [0, 0.1) is 0 Å². The maximum Gasteiger partial charge on any atom is 0.422 e. The van der Waals surface area contributed by atoms with Gasteiger partial charge in [0.1, 0.15) is 5.60 Å². The summed E-state index contributed by atoms with van der Waals surface area (Å²) in [6, 6.07) is 15.8. The maximum absolute atomic E-state index is 12.6. The Morgan fingerprint density at radius 3 is 2.14 bits per heavy atom. The number of benzene rings is 2. The van der Waals surface area contributed by atoms with Gasteiger partial charge in [0, 0.05) is 18.8 Å². The van der Waals surface area contributed by atoms with Crippen molar-refractivity contribution in [3.8, 4) is 6.01 Å². The molecule has 0 fully saturated rings. The van der Waals surface area contributed by atoms with Gasteiger partial charge in [-0.05, 0) is 44.0 Å². The summed E-state index contributed by atoms with van der Waals surface area (Å²) in [6.07, 6.45) is -5.07. The molecule has 3 aromatic rings. The van der Waals surface area contributed by atoms with Gasteiger partial charge in [-0.15, -0.1) is 0 Å². The summed E-state index contributed by atoms with van der Waals surface area (Å²) in [6.45, 7) is 4.39. The second-order valence-corrected chi connectivity index (χ2v) is 8.69. The number of nitrogens with one attached hydrogen (secondary N) is 3. The van der Waals surface area contributed by atoms with Crippen molar-refractivity contribution in [2.75, 3.05) is 17.2 Å². The highest BCUT2D eigenvalue weighted by atomic mass is 19.4. The number of ether oxygens (including phenoxy) is 2. The Kier molecular flexibility index (Phi) is 8.51. The maximum atomic E-state index is 12.6. The number of anilines is 3. The first-order chi connectivity index (χ1) is 16.9. The number of carbonyl (C=O) groups is 1. The van der Waals surface area contributed by atoms with Crippen molar-refractivity contribution in [3.63, 3.8) is 0 Å². The van der Waals surface area contributed by atoms with Gasteiger partial charge in [-0.3, -0.25) is 0 Å². The highest BCUT2D eigenvalue weighted by Gasteiger charge is 2.29.